The molecule has 0 aromatic carbocycles. The van der Waals surface area contributed by atoms with E-state index in [-0.39, 0.29) is 18.5 Å². The van der Waals surface area contributed by atoms with E-state index in [9.17, 15) is 9.90 Å². The van der Waals surface area contributed by atoms with Crippen molar-refractivity contribution in [3.63, 3.8) is 0 Å². The van der Waals surface area contributed by atoms with Crippen molar-refractivity contribution >= 4 is 5.91 Å². The first-order chi connectivity index (χ1) is 7.86. The topological polar surface area (TPSA) is 84.6 Å². The van der Waals surface area contributed by atoms with Gasteiger partial charge < -0.3 is 20.9 Å². The van der Waals surface area contributed by atoms with E-state index in [0.29, 0.717) is 25.6 Å². The third kappa shape index (κ3) is 3.66. The van der Waals surface area contributed by atoms with Crippen LogP contribution < -0.4 is 11.1 Å². The van der Waals surface area contributed by atoms with Crippen molar-refractivity contribution in [2.24, 2.45) is 17.1 Å². The van der Waals surface area contributed by atoms with E-state index < -0.39 is 11.5 Å². The van der Waals surface area contributed by atoms with Crippen molar-refractivity contribution in [1.82, 2.24) is 5.32 Å². The fraction of sp³-hybridized carbons (Fsp3) is 0.917. The predicted octanol–water partition coefficient (Wildman–Crippen LogP) is -0.127. The second-order valence-electron chi connectivity index (χ2n) is 5.53. The molecule has 1 aliphatic rings. The average Bonchev–Trinajstić information content (AvgIpc) is 2.56. The lowest BCUT2D eigenvalue weighted by Crippen LogP contribution is -2.51. The highest BCUT2D eigenvalue weighted by molar-refractivity contribution is 5.83. The summed E-state index contributed by atoms with van der Waals surface area (Å²) in [5.74, 6) is 0.278. The molecule has 3 unspecified atom stereocenters. The maximum atomic E-state index is 12.0. The van der Waals surface area contributed by atoms with Gasteiger partial charge in [-0.15, -0.1) is 0 Å². The standard InChI is InChI=1S/C12H24N2O3/c1-8(2)4-9(15)5-14-11(16)12(3)7-17-6-10(12)13/h8-10,15H,4-7,13H2,1-3H3,(H,14,16). The molecule has 0 aromatic rings. The van der Waals surface area contributed by atoms with E-state index in [4.69, 9.17) is 10.5 Å². The molecule has 0 saturated carbocycles. The van der Waals surface area contributed by atoms with E-state index in [0.717, 1.165) is 0 Å². The zero-order chi connectivity index (χ0) is 13.1. The summed E-state index contributed by atoms with van der Waals surface area (Å²) in [5.41, 5.74) is 5.18. The third-order valence-corrected chi connectivity index (χ3v) is 3.28. The second kappa shape index (κ2) is 5.80. The number of hydrogen-bond donors (Lipinski definition) is 3. The van der Waals surface area contributed by atoms with Crippen molar-refractivity contribution in [3.8, 4) is 0 Å². The van der Waals surface area contributed by atoms with Crippen LogP contribution in [-0.2, 0) is 9.53 Å². The molecule has 0 aliphatic carbocycles. The molecule has 3 atom stereocenters. The van der Waals surface area contributed by atoms with Gasteiger partial charge in [0.15, 0.2) is 0 Å². The Morgan fingerprint density at radius 2 is 2.29 bits per heavy atom. The summed E-state index contributed by atoms with van der Waals surface area (Å²) in [5, 5.41) is 12.4. The van der Waals surface area contributed by atoms with Gasteiger partial charge in [-0.05, 0) is 19.3 Å². The summed E-state index contributed by atoms with van der Waals surface area (Å²) >= 11 is 0. The number of carbonyl (C=O) groups excluding carboxylic acids is 1. The van der Waals surface area contributed by atoms with Gasteiger partial charge in [-0.3, -0.25) is 4.79 Å². The maximum Gasteiger partial charge on any atom is 0.230 e. The van der Waals surface area contributed by atoms with Crippen molar-refractivity contribution in [2.75, 3.05) is 19.8 Å². The second-order valence-corrected chi connectivity index (χ2v) is 5.53. The SMILES string of the molecule is CC(C)CC(O)CNC(=O)C1(C)COCC1N. The zero-order valence-corrected chi connectivity index (χ0v) is 10.9. The van der Waals surface area contributed by atoms with Crippen molar-refractivity contribution in [3.05, 3.63) is 0 Å². The summed E-state index contributed by atoms with van der Waals surface area (Å²) in [6.07, 6.45) is 0.181. The van der Waals surface area contributed by atoms with E-state index in [1.807, 2.05) is 13.8 Å². The lowest BCUT2D eigenvalue weighted by molar-refractivity contribution is -0.131. The molecule has 100 valence electrons. The van der Waals surface area contributed by atoms with Crippen LogP contribution in [-0.4, -0.2) is 42.9 Å². The van der Waals surface area contributed by atoms with E-state index in [2.05, 4.69) is 5.32 Å². The molecular formula is C12H24N2O3. The first-order valence-electron chi connectivity index (χ1n) is 6.16. The minimum atomic E-state index is -0.669. The van der Waals surface area contributed by atoms with Crippen LogP contribution in [0.15, 0.2) is 0 Å². The Kier molecular flexibility index (Phi) is 4.91. The van der Waals surface area contributed by atoms with Crippen molar-refractivity contribution in [1.29, 1.82) is 0 Å². The number of rotatable bonds is 5. The van der Waals surface area contributed by atoms with Gasteiger partial charge in [0, 0.05) is 12.6 Å². The Labute approximate surface area is 103 Å². The van der Waals surface area contributed by atoms with Gasteiger partial charge in [-0.2, -0.15) is 0 Å². The molecule has 5 heteroatoms. The number of amides is 1. The van der Waals surface area contributed by atoms with Gasteiger partial charge in [-0.25, -0.2) is 0 Å². The van der Waals surface area contributed by atoms with Crippen LogP contribution >= 0.6 is 0 Å². The Bertz CT molecular complexity index is 270. The molecule has 0 aromatic heterocycles. The molecule has 0 bridgehead atoms. The van der Waals surface area contributed by atoms with Crippen LogP contribution in [0.25, 0.3) is 0 Å². The highest BCUT2D eigenvalue weighted by Gasteiger charge is 2.44. The van der Waals surface area contributed by atoms with Gasteiger partial charge in [0.1, 0.15) is 0 Å². The van der Waals surface area contributed by atoms with Gasteiger partial charge in [0.05, 0.1) is 24.7 Å². The summed E-state index contributed by atoms with van der Waals surface area (Å²) in [6, 6.07) is -0.273. The van der Waals surface area contributed by atoms with Crippen LogP contribution in [0.2, 0.25) is 0 Å². The van der Waals surface area contributed by atoms with Crippen LogP contribution in [0.5, 0.6) is 0 Å². The largest absolute Gasteiger partial charge is 0.391 e. The normalized spacial score (nSPS) is 30.6. The highest BCUT2D eigenvalue weighted by atomic mass is 16.5. The first kappa shape index (κ1) is 14.4. The van der Waals surface area contributed by atoms with Gasteiger partial charge in [0.2, 0.25) is 5.91 Å². The molecule has 1 saturated heterocycles. The molecule has 5 nitrogen and oxygen atoms in total. The average molecular weight is 244 g/mol. The molecule has 1 aliphatic heterocycles. The quantitative estimate of drug-likeness (QED) is 0.629. The Balaban J connectivity index is 2.39. The van der Waals surface area contributed by atoms with Gasteiger partial charge in [-0.1, -0.05) is 13.8 Å². The molecule has 1 rings (SSSR count). The van der Waals surface area contributed by atoms with Crippen LogP contribution in [0, 0.1) is 11.3 Å². The van der Waals surface area contributed by atoms with Crippen LogP contribution in [0.4, 0.5) is 0 Å². The molecule has 0 radical (unpaired) electrons. The number of nitrogens with one attached hydrogen (secondary N) is 1. The number of ether oxygens (including phenoxy) is 1. The van der Waals surface area contributed by atoms with Crippen LogP contribution in [0.3, 0.4) is 0 Å². The molecule has 1 fully saturated rings. The smallest absolute Gasteiger partial charge is 0.230 e. The molecule has 4 N–H and O–H groups in total. The predicted molar refractivity (Wildman–Crippen MR) is 65.4 cm³/mol. The minimum Gasteiger partial charge on any atom is -0.391 e. The van der Waals surface area contributed by atoms with E-state index in [1.165, 1.54) is 0 Å². The summed E-state index contributed by atoms with van der Waals surface area (Å²) in [7, 11) is 0. The van der Waals surface area contributed by atoms with E-state index in [1.54, 1.807) is 6.92 Å². The van der Waals surface area contributed by atoms with Crippen LogP contribution in [0.1, 0.15) is 27.2 Å². The minimum absolute atomic E-state index is 0.134. The molecule has 1 amide bonds. The Hall–Kier alpha value is -0.650. The highest BCUT2D eigenvalue weighted by Crippen LogP contribution is 2.27. The van der Waals surface area contributed by atoms with Crippen molar-refractivity contribution < 1.29 is 14.6 Å². The Morgan fingerprint density at radius 3 is 2.76 bits per heavy atom. The molecule has 0 spiro atoms. The fourth-order valence-electron chi connectivity index (χ4n) is 1.96. The van der Waals surface area contributed by atoms with E-state index >= 15 is 0 Å². The summed E-state index contributed by atoms with van der Waals surface area (Å²) in [6.45, 7) is 6.91. The third-order valence-electron chi connectivity index (χ3n) is 3.28. The number of aliphatic hydroxyl groups is 1. The van der Waals surface area contributed by atoms with Crippen molar-refractivity contribution in [2.45, 2.75) is 39.3 Å². The maximum absolute atomic E-state index is 12.0. The molecular weight excluding hydrogens is 220 g/mol. The number of hydrogen-bond acceptors (Lipinski definition) is 4. The molecule has 1 heterocycles. The first-order valence-corrected chi connectivity index (χ1v) is 6.16. The lowest BCUT2D eigenvalue weighted by Gasteiger charge is -2.26. The Morgan fingerprint density at radius 1 is 1.65 bits per heavy atom. The number of carbonyl (C=O) groups is 1. The number of aliphatic hydroxyl groups excluding tert-OH is 1. The fourth-order valence-corrected chi connectivity index (χ4v) is 1.96. The van der Waals surface area contributed by atoms with Gasteiger partial charge >= 0.3 is 0 Å². The van der Waals surface area contributed by atoms with Gasteiger partial charge in [0.25, 0.3) is 0 Å². The monoisotopic (exact) mass is 244 g/mol. The summed E-state index contributed by atoms with van der Waals surface area (Å²) < 4.78 is 5.22. The molecule has 17 heavy (non-hydrogen) atoms. The number of nitrogens with two attached hydrogens (primary N) is 1. The zero-order valence-electron chi connectivity index (χ0n) is 10.9. The summed E-state index contributed by atoms with van der Waals surface area (Å²) in [4.78, 5) is 12.0. The lowest BCUT2D eigenvalue weighted by atomic mass is 9.85.